The number of aryl methyl sites for hydroxylation is 1. The van der Waals surface area contributed by atoms with Crippen LogP contribution < -0.4 is 10.1 Å². The van der Waals surface area contributed by atoms with Crippen LogP contribution in [0.3, 0.4) is 0 Å². The first-order valence-electron chi connectivity index (χ1n) is 8.45. The van der Waals surface area contributed by atoms with E-state index in [1.807, 2.05) is 38.1 Å². The van der Waals surface area contributed by atoms with E-state index in [-0.39, 0.29) is 23.1 Å². The number of halogens is 1. The van der Waals surface area contributed by atoms with Crippen LogP contribution in [0.2, 0.25) is 5.02 Å². The summed E-state index contributed by atoms with van der Waals surface area (Å²) in [4.78, 5) is 24.3. The van der Waals surface area contributed by atoms with Crippen molar-refractivity contribution >= 4 is 29.2 Å². The topological polar surface area (TPSA) is 64.6 Å². The molecule has 2 aromatic carbocycles. The van der Waals surface area contributed by atoms with Crippen LogP contribution in [0.4, 0.5) is 5.69 Å². The minimum Gasteiger partial charge on any atom is -0.481 e. The minimum absolute atomic E-state index is 0.217. The lowest BCUT2D eigenvalue weighted by atomic mass is 10.2. The zero-order chi connectivity index (χ0) is 19.1. The number of amides is 1. The van der Waals surface area contributed by atoms with Crippen LogP contribution in [0.25, 0.3) is 0 Å². The van der Waals surface area contributed by atoms with Gasteiger partial charge in [0.15, 0.2) is 6.10 Å². The van der Waals surface area contributed by atoms with Gasteiger partial charge in [0.1, 0.15) is 5.75 Å². The fraction of sp³-hybridized carbons (Fsp3) is 0.300. The molecule has 0 aliphatic heterocycles. The Labute approximate surface area is 158 Å². The van der Waals surface area contributed by atoms with Crippen molar-refractivity contribution in [3.8, 4) is 5.75 Å². The smallest absolute Gasteiger partial charge is 0.339 e. The van der Waals surface area contributed by atoms with Crippen LogP contribution in [0, 0.1) is 6.92 Å². The number of hydrogen-bond donors (Lipinski definition) is 1. The summed E-state index contributed by atoms with van der Waals surface area (Å²) in [6, 6.07) is 12.2. The quantitative estimate of drug-likeness (QED) is 0.717. The van der Waals surface area contributed by atoms with E-state index in [4.69, 9.17) is 21.1 Å². The van der Waals surface area contributed by atoms with Gasteiger partial charge in [-0.15, -0.1) is 0 Å². The molecule has 2 aromatic rings. The van der Waals surface area contributed by atoms with E-state index in [0.29, 0.717) is 17.9 Å². The average Bonchev–Trinajstić information content (AvgIpc) is 2.60. The normalized spacial score (nSPS) is 11.5. The number of esters is 1. The van der Waals surface area contributed by atoms with Crippen molar-refractivity contribution in [2.24, 2.45) is 0 Å². The molecule has 0 aliphatic carbocycles. The van der Waals surface area contributed by atoms with Gasteiger partial charge in [0.25, 0.3) is 5.91 Å². The van der Waals surface area contributed by atoms with Crippen LogP contribution in [0.5, 0.6) is 5.75 Å². The molecule has 0 saturated carbocycles. The van der Waals surface area contributed by atoms with Gasteiger partial charge in [-0.05, 0) is 56.2 Å². The molecule has 1 N–H and O–H groups in total. The largest absolute Gasteiger partial charge is 0.481 e. The Kier molecular flexibility index (Phi) is 7.04. The molecule has 6 heteroatoms. The maximum Gasteiger partial charge on any atom is 0.339 e. The van der Waals surface area contributed by atoms with E-state index in [1.165, 1.54) is 12.1 Å². The molecule has 0 bridgehead atoms. The van der Waals surface area contributed by atoms with Gasteiger partial charge < -0.3 is 14.8 Å². The molecule has 1 unspecified atom stereocenters. The molecule has 2 rings (SSSR count). The number of anilines is 1. The number of ether oxygens (including phenoxy) is 2. The first-order valence-corrected chi connectivity index (χ1v) is 8.83. The summed E-state index contributed by atoms with van der Waals surface area (Å²) in [6.07, 6.45) is -0.130. The van der Waals surface area contributed by atoms with E-state index in [9.17, 15) is 9.59 Å². The highest BCUT2D eigenvalue weighted by Gasteiger charge is 2.19. The third-order valence-electron chi connectivity index (χ3n) is 3.66. The summed E-state index contributed by atoms with van der Waals surface area (Å²) in [5.74, 6) is -0.138. The summed E-state index contributed by atoms with van der Waals surface area (Å²) >= 11 is 6.12. The van der Waals surface area contributed by atoms with Crippen molar-refractivity contribution in [2.75, 3.05) is 11.9 Å². The first-order chi connectivity index (χ1) is 12.4. The van der Waals surface area contributed by atoms with Crippen LogP contribution in [0.1, 0.15) is 36.2 Å². The third kappa shape index (κ3) is 5.23. The highest BCUT2D eigenvalue weighted by atomic mass is 35.5. The Hall–Kier alpha value is -2.53. The molecule has 0 radical (unpaired) electrons. The molecule has 5 nitrogen and oxygen atoms in total. The lowest BCUT2D eigenvalue weighted by Crippen LogP contribution is -2.32. The summed E-state index contributed by atoms with van der Waals surface area (Å²) < 4.78 is 10.7. The molecule has 1 amide bonds. The first kappa shape index (κ1) is 19.8. The Morgan fingerprint density at radius 3 is 2.54 bits per heavy atom. The van der Waals surface area contributed by atoms with Crippen molar-refractivity contribution in [1.82, 2.24) is 0 Å². The van der Waals surface area contributed by atoms with Crippen molar-refractivity contribution in [3.05, 3.63) is 58.6 Å². The number of carbonyl (C=O) groups excluding carboxylic acids is 2. The van der Waals surface area contributed by atoms with Gasteiger partial charge in [-0.1, -0.05) is 30.7 Å². The molecular weight excluding hydrogens is 354 g/mol. The number of benzene rings is 2. The Morgan fingerprint density at radius 2 is 1.92 bits per heavy atom. The van der Waals surface area contributed by atoms with Crippen molar-refractivity contribution in [2.45, 2.75) is 33.3 Å². The molecule has 26 heavy (non-hydrogen) atoms. The summed E-state index contributed by atoms with van der Waals surface area (Å²) in [6.45, 7) is 5.82. The van der Waals surface area contributed by atoms with Gasteiger partial charge in [0, 0.05) is 5.69 Å². The van der Waals surface area contributed by atoms with E-state index in [1.54, 1.807) is 13.0 Å². The Bertz CT molecular complexity index is 791. The summed E-state index contributed by atoms with van der Waals surface area (Å²) in [7, 11) is 0. The second kappa shape index (κ2) is 9.25. The molecule has 1 atom stereocenters. The SMILES string of the molecule is CCOC(=O)c1ccc(NC(=O)C(CC)Oc2cccc(C)c2)cc1Cl. The Balaban J connectivity index is 2.07. The van der Waals surface area contributed by atoms with Crippen molar-refractivity contribution in [3.63, 3.8) is 0 Å². The molecule has 0 aliphatic rings. The summed E-state index contributed by atoms with van der Waals surface area (Å²) in [5, 5.41) is 2.98. The maximum absolute atomic E-state index is 12.5. The van der Waals surface area contributed by atoms with Gasteiger partial charge in [-0.3, -0.25) is 4.79 Å². The molecule has 0 saturated heterocycles. The maximum atomic E-state index is 12.5. The van der Waals surface area contributed by atoms with Gasteiger partial charge >= 0.3 is 5.97 Å². The fourth-order valence-corrected chi connectivity index (χ4v) is 2.62. The minimum atomic E-state index is -0.639. The van der Waals surface area contributed by atoms with Gasteiger partial charge in [-0.25, -0.2) is 4.79 Å². The highest BCUT2D eigenvalue weighted by Crippen LogP contribution is 2.23. The van der Waals surface area contributed by atoms with E-state index >= 15 is 0 Å². The third-order valence-corrected chi connectivity index (χ3v) is 3.98. The summed E-state index contributed by atoms with van der Waals surface area (Å²) in [5.41, 5.74) is 1.80. The van der Waals surface area contributed by atoms with Crippen molar-refractivity contribution < 1.29 is 19.1 Å². The highest BCUT2D eigenvalue weighted by molar-refractivity contribution is 6.34. The molecule has 0 fully saturated rings. The second-order valence-corrected chi connectivity index (χ2v) is 6.14. The van der Waals surface area contributed by atoms with Gasteiger partial charge in [0.2, 0.25) is 0 Å². The van der Waals surface area contributed by atoms with E-state index < -0.39 is 12.1 Å². The lowest BCUT2D eigenvalue weighted by molar-refractivity contribution is -0.122. The van der Waals surface area contributed by atoms with E-state index in [2.05, 4.69) is 5.32 Å². The molecule has 0 aromatic heterocycles. The monoisotopic (exact) mass is 375 g/mol. The predicted octanol–water partition coefficient (Wildman–Crippen LogP) is 4.62. The molecule has 138 valence electrons. The average molecular weight is 376 g/mol. The molecule has 0 spiro atoms. The zero-order valence-electron chi connectivity index (χ0n) is 15.0. The van der Waals surface area contributed by atoms with Gasteiger partial charge in [-0.2, -0.15) is 0 Å². The van der Waals surface area contributed by atoms with Crippen LogP contribution in [-0.4, -0.2) is 24.6 Å². The van der Waals surface area contributed by atoms with Crippen LogP contribution in [0.15, 0.2) is 42.5 Å². The van der Waals surface area contributed by atoms with Crippen molar-refractivity contribution in [1.29, 1.82) is 0 Å². The number of hydrogen-bond acceptors (Lipinski definition) is 4. The number of rotatable bonds is 7. The molecular formula is C20H22ClNO4. The van der Waals surface area contributed by atoms with Crippen LogP contribution in [-0.2, 0) is 9.53 Å². The van der Waals surface area contributed by atoms with Crippen LogP contribution >= 0.6 is 11.6 Å². The standard InChI is InChI=1S/C20H22ClNO4/c1-4-18(26-15-8-6-7-13(3)11-15)19(23)22-14-9-10-16(17(21)12-14)20(24)25-5-2/h6-12,18H,4-5H2,1-3H3,(H,22,23). The zero-order valence-corrected chi connectivity index (χ0v) is 15.8. The second-order valence-electron chi connectivity index (χ2n) is 5.74. The Morgan fingerprint density at radius 1 is 1.15 bits per heavy atom. The number of carbonyl (C=O) groups is 2. The molecule has 0 heterocycles. The lowest BCUT2D eigenvalue weighted by Gasteiger charge is -2.18. The predicted molar refractivity (Wildman–Crippen MR) is 102 cm³/mol. The fourth-order valence-electron chi connectivity index (χ4n) is 2.37. The van der Waals surface area contributed by atoms with E-state index in [0.717, 1.165) is 5.56 Å². The van der Waals surface area contributed by atoms with Gasteiger partial charge in [0.05, 0.1) is 17.2 Å². The number of nitrogens with one attached hydrogen (secondary N) is 1.